The first-order valence-corrected chi connectivity index (χ1v) is 9.63. The summed E-state index contributed by atoms with van der Waals surface area (Å²) >= 11 is 1.75. The molecule has 1 fully saturated rings. The normalized spacial score (nSPS) is 23.4. The standard InChI is InChI=1S/C21H24N2S/c1-16-8-11-18(12-9-16)24-22-21-19-7-3-2-6-17(19)10-13-20(21)23-14-4-5-15-23/h2-3,6-13,20-22H,4-5,14-15H2,1H3/t20-,21-/m1/s1. The van der Waals surface area contributed by atoms with Crippen LogP contribution < -0.4 is 4.72 Å². The van der Waals surface area contributed by atoms with Crippen LogP contribution >= 0.6 is 11.9 Å². The molecule has 2 aromatic rings. The lowest BCUT2D eigenvalue weighted by molar-refractivity contribution is 0.245. The van der Waals surface area contributed by atoms with Gasteiger partial charge >= 0.3 is 0 Å². The van der Waals surface area contributed by atoms with Gasteiger partial charge in [0.1, 0.15) is 0 Å². The van der Waals surface area contributed by atoms with Crippen molar-refractivity contribution >= 4 is 18.0 Å². The fourth-order valence-electron chi connectivity index (χ4n) is 3.69. The van der Waals surface area contributed by atoms with Crippen molar-refractivity contribution in [2.45, 2.75) is 36.7 Å². The van der Waals surface area contributed by atoms with E-state index in [4.69, 9.17) is 0 Å². The Morgan fingerprint density at radius 1 is 1.00 bits per heavy atom. The predicted molar refractivity (Wildman–Crippen MR) is 103 cm³/mol. The second kappa shape index (κ2) is 7.14. The molecule has 1 aliphatic carbocycles. The van der Waals surface area contributed by atoms with Crippen LogP contribution in [0.2, 0.25) is 0 Å². The highest BCUT2D eigenvalue weighted by molar-refractivity contribution is 7.97. The average molecular weight is 337 g/mol. The topological polar surface area (TPSA) is 15.3 Å². The van der Waals surface area contributed by atoms with E-state index in [-0.39, 0.29) is 0 Å². The summed E-state index contributed by atoms with van der Waals surface area (Å²) < 4.78 is 3.76. The predicted octanol–water partition coefficient (Wildman–Crippen LogP) is 4.82. The second-order valence-corrected chi connectivity index (χ2v) is 7.64. The summed E-state index contributed by atoms with van der Waals surface area (Å²) in [6.07, 6.45) is 7.34. The van der Waals surface area contributed by atoms with Crippen LogP contribution in [0.4, 0.5) is 0 Å². The van der Waals surface area contributed by atoms with Crippen LogP contribution in [0.25, 0.3) is 6.08 Å². The number of rotatable bonds is 4. The van der Waals surface area contributed by atoms with Crippen LogP contribution in [0.3, 0.4) is 0 Å². The third-order valence-electron chi connectivity index (χ3n) is 5.03. The molecule has 1 N–H and O–H groups in total. The molecule has 1 saturated heterocycles. The van der Waals surface area contributed by atoms with Gasteiger partial charge in [-0.15, -0.1) is 0 Å². The summed E-state index contributed by atoms with van der Waals surface area (Å²) in [6, 6.07) is 18.3. The number of hydrogen-bond donors (Lipinski definition) is 1. The number of hydrogen-bond acceptors (Lipinski definition) is 3. The Hall–Kier alpha value is -1.55. The third kappa shape index (κ3) is 3.30. The number of aryl methyl sites for hydroxylation is 1. The molecule has 0 aromatic heterocycles. The van der Waals surface area contributed by atoms with Gasteiger partial charge in [0, 0.05) is 10.9 Å². The monoisotopic (exact) mass is 336 g/mol. The zero-order valence-corrected chi connectivity index (χ0v) is 14.9. The minimum Gasteiger partial charge on any atom is -0.295 e. The maximum absolute atomic E-state index is 3.76. The van der Waals surface area contributed by atoms with Crippen molar-refractivity contribution in [1.82, 2.24) is 9.62 Å². The molecular formula is C21H24N2S. The number of nitrogens with zero attached hydrogens (tertiary/aromatic N) is 1. The lowest BCUT2D eigenvalue weighted by Crippen LogP contribution is -2.42. The van der Waals surface area contributed by atoms with Gasteiger partial charge in [-0.05, 0) is 68.1 Å². The Labute approximate surface area is 149 Å². The molecule has 24 heavy (non-hydrogen) atoms. The Balaban J connectivity index is 1.57. The summed E-state index contributed by atoms with van der Waals surface area (Å²) in [5, 5.41) is 0. The van der Waals surface area contributed by atoms with Crippen molar-refractivity contribution in [3.05, 3.63) is 71.3 Å². The summed E-state index contributed by atoms with van der Waals surface area (Å²) in [7, 11) is 0. The third-order valence-corrected chi connectivity index (χ3v) is 5.91. The smallest absolute Gasteiger partial charge is 0.0621 e. The second-order valence-electron chi connectivity index (χ2n) is 6.73. The fourth-order valence-corrected chi connectivity index (χ4v) is 4.49. The molecule has 1 heterocycles. The summed E-state index contributed by atoms with van der Waals surface area (Å²) in [4.78, 5) is 3.90. The Morgan fingerprint density at radius 2 is 1.75 bits per heavy atom. The zero-order valence-electron chi connectivity index (χ0n) is 14.1. The lowest BCUT2D eigenvalue weighted by atomic mass is 9.89. The first kappa shape index (κ1) is 15.9. The van der Waals surface area contributed by atoms with E-state index in [0.29, 0.717) is 12.1 Å². The van der Waals surface area contributed by atoms with Crippen LogP contribution in [0.1, 0.15) is 35.6 Å². The number of likely N-dealkylation sites (tertiary alicyclic amines) is 1. The van der Waals surface area contributed by atoms with Crippen LogP contribution in [-0.4, -0.2) is 24.0 Å². The molecule has 2 aliphatic rings. The number of benzene rings is 2. The van der Waals surface area contributed by atoms with Crippen LogP contribution in [-0.2, 0) is 0 Å². The maximum Gasteiger partial charge on any atom is 0.0621 e. The van der Waals surface area contributed by atoms with E-state index in [1.54, 1.807) is 11.9 Å². The maximum atomic E-state index is 3.76. The Bertz CT molecular complexity index is 717. The van der Waals surface area contributed by atoms with Gasteiger partial charge < -0.3 is 0 Å². The first-order valence-electron chi connectivity index (χ1n) is 8.81. The number of nitrogens with one attached hydrogen (secondary N) is 1. The van der Waals surface area contributed by atoms with Gasteiger partial charge in [-0.3, -0.25) is 9.62 Å². The molecule has 2 aromatic carbocycles. The highest BCUT2D eigenvalue weighted by atomic mass is 32.2. The molecule has 3 heteroatoms. The van der Waals surface area contributed by atoms with Gasteiger partial charge in [0.15, 0.2) is 0 Å². The summed E-state index contributed by atoms with van der Waals surface area (Å²) in [5.41, 5.74) is 4.06. The molecule has 1 aliphatic heterocycles. The summed E-state index contributed by atoms with van der Waals surface area (Å²) in [6.45, 7) is 4.56. The highest BCUT2D eigenvalue weighted by Crippen LogP contribution is 2.34. The average Bonchev–Trinajstić information content (AvgIpc) is 3.15. The molecule has 2 atom stereocenters. The zero-order chi connectivity index (χ0) is 16.4. The van der Waals surface area contributed by atoms with Gasteiger partial charge in [0.25, 0.3) is 0 Å². The molecule has 2 nitrogen and oxygen atoms in total. The van der Waals surface area contributed by atoms with Gasteiger partial charge in [-0.2, -0.15) is 0 Å². The molecular weight excluding hydrogens is 312 g/mol. The molecule has 0 radical (unpaired) electrons. The van der Waals surface area contributed by atoms with Crippen LogP contribution in [0.15, 0.2) is 59.5 Å². The van der Waals surface area contributed by atoms with Crippen LogP contribution in [0, 0.1) is 6.92 Å². The van der Waals surface area contributed by atoms with Crippen molar-refractivity contribution in [2.75, 3.05) is 13.1 Å². The SMILES string of the molecule is Cc1ccc(SN[C@@H]2c3ccccc3C=C[C@H]2N2CCCC2)cc1. The first-order chi connectivity index (χ1) is 11.8. The van der Waals surface area contributed by atoms with Crippen molar-refractivity contribution in [1.29, 1.82) is 0 Å². The van der Waals surface area contributed by atoms with E-state index in [0.717, 1.165) is 0 Å². The van der Waals surface area contributed by atoms with Crippen molar-refractivity contribution in [3.63, 3.8) is 0 Å². The number of fused-ring (bicyclic) bond motifs is 1. The van der Waals surface area contributed by atoms with Gasteiger partial charge in [-0.1, -0.05) is 54.1 Å². The molecule has 4 rings (SSSR count). The largest absolute Gasteiger partial charge is 0.295 e. The van der Waals surface area contributed by atoms with E-state index >= 15 is 0 Å². The lowest BCUT2D eigenvalue weighted by Gasteiger charge is -2.36. The Morgan fingerprint density at radius 3 is 2.54 bits per heavy atom. The van der Waals surface area contributed by atoms with Crippen molar-refractivity contribution < 1.29 is 0 Å². The molecule has 0 unspecified atom stereocenters. The van der Waals surface area contributed by atoms with Gasteiger partial charge in [0.05, 0.1) is 6.04 Å². The quantitative estimate of drug-likeness (QED) is 0.806. The molecule has 0 bridgehead atoms. The minimum absolute atomic E-state index is 0.329. The molecule has 0 amide bonds. The molecule has 0 spiro atoms. The highest BCUT2D eigenvalue weighted by Gasteiger charge is 2.31. The van der Waals surface area contributed by atoms with E-state index < -0.39 is 0 Å². The summed E-state index contributed by atoms with van der Waals surface area (Å²) in [5.74, 6) is 0. The van der Waals surface area contributed by atoms with E-state index in [2.05, 4.69) is 77.2 Å². The van der Waals surface area contributed by atoms with E-state index in [9.17, 15) is 0 Å². The van der Waals surface area contributed by atoms with Crippen molar-refractivity contribution in [3.8, 4) is 0 Å². The van der Waals surface area contributed by atoms with Gasteiger partial charge in [0.2, 0.25) is 0 Å². The van der Waals surface area contributed by atoms with E-state index in [1.807, 2.05) is 0 Å². The van der Waals surface area contributed by atoms with Crippen LogP contribution in [0.5, 0.6) is 0 Å². The van der Waals surface area contributed by atoms with Crippen molar-refractivity contribution in [2.24, 2.45) is 0 Å². The molecule has 0 saturated carbocycles. The van der Waals surface area contributed by atoms with E-state index in [1.165, 1.54) is 47.5 Å². The molecule has 124 valence electrons. The minimum atomic E-state index is 0.329. The Kier molecular flexibility index (Phi) is 4.74. The fraction of sp³-hybridized carbons (Fsp3) is 0.333. The van der Waals surface area contributed by atoms with Gasteiger partial charge in [-0.25, -0.2) is 0 Å².